The number of carboxylic acids is 1. The van der Waals surface area contributed by atoms with Crippen LogP contribution in [0.4, 0.5) is 13.2 Å². The number of carbonyl (C=O) groups is 1. The van der Waals surface area contributed by atoms with Gasteiger partial charge in [0, 0.05) is 4.88 Å². The third kappa shape index (κ3) is 3.08. The Morgan fingerprint density at radius 1 is 1.35 bits per heavy atom. The molecule has 0 aliphatic heterocycles. The van der Waals surface area contributed by atoms with Gasteiger partial charge in [0.2, 0.25) is 0 Å². The van der Waals surface area contributed by atoms with E-state index in [2.05, 4.69) is 9.72 Å². The zero-order valence-electron chi connectivity index (χ0n) is 10.1. The SMILES string of the molecule is Cc1sc(-c2ccccc2OC(F)(F)F)nc1C(=O)O. The van der Waals surface area contributed by atoms with Gasteiger partial charge < -0.3 is 9.84 Å². The molecule has 0 aliphatic carbocycles. The second kappa shape index (κ2) is 5.12. The fourth-order valence-electron chi connectivity index (χ4n) is 1.57. The molecule has 0 radical (unpaired) electrons. The van der Waals surface area contributed by atoms with Crippen LogP contribution in [0.15, 0.2) is 24.3 Å². The van der Waals surface area contributed by atoms with Crippen LogP contribution in [0.3, 0.4) is 0 Å². The van der Waals surface area contributed by atoms with Crippen molar-refractivity contribution in [2.75, 3.05) is 0 Å². The highest BCUT2D eigenvalue weighted by Crippen LogP contribution is 2.36. The average Bonchev–Trinajstić information content (AvgIpc) is 2.70. The highest BCUT2D eigenvalue weighted by Gasteiger charge is 2.32. The standard InChI is InChI=1S/C12H8F3NO3S/c1-6-9(11(17)18)16-10(20-6)7-4-2-3-5-8(7)19-12(13,14)15/h2-5H,1H3,(H,17,18). The van der Waals surface area contributed by atoms with E-state index in [9.17, 15) is 18.0 Å². The predicted octanol–water partition coefficient (Wildman–Crippen LogP) is 3.72. The summed E-state index contributed by atoms with van der Waals surface area (Å²) in [5.74, 6) is -1.63. The van der Waals surface area contributed by atoms with Gasteiger partial charge >= 0.3 is 12.3 Å². The average molecular weight is 303 g/mol. The minimum Gasteiger partial charge on any atom is -0.476 e. The molecule has 0 spiro atoms. The van der Waals surface area contributed by atoms with Crippen LogP contribution in [0.5, 0.6) is 5.75 Å². The molecular weight excluding hydrogens is 295 g/mol. The van der Waals surface area contributed by atoms with E-state index < -0.39 is 18.1 Å². The Morgan fingerprint density at radius 2 is 2.00 bits per heavy atom. The number of aryl methyl sites for hydroxylation is 1. The number of nitrogens with zero attached hydrogens (tertiary/aromatic N) is 1. The van der Waals surface area contributed by atoms with Gasteiger partial charge in [0.15, 0.2) is 5.69 Å². The molecule has 1 aromatic heterocycles. The lowest BCUT2D eigenvalue weighted by molar-refractivity contribution is -0.274. The Bertz CT molecular complexity index is 652. The maximum atomic E-state index is 12.3. The number of thiazole rings is 1. The number of ether oxygens (including phenoxy) is 1. The quantitative estimate of drug-likeness (QED) is 0.939. The number of halogens is 3. The Morgan fingerprint density at radius 3 is 2.55 bits per heavy atom. The van der Waals surface area contributed by atoms with Crippen LogP contribution in [0.1, 0.15) is 15.4 Å². The number of benzene rings is 1. The molecule has 0 fully saturated rings. The van der Waals surface area contributed by atoms with Crippen LogP contribution in [-0.4, -0.2) is 22.4 Å². The van der Waals surface area contributed by atoms with Crippen molar-refractivity contribution in [3.05, 3.63) is 34.8 Å². The molecule has 2 aromatic rings. The molecule has 4 nitrogen and oxygen atoms in total. The Labute approximate surface area is 115 Å². The van der Waals surface area contributed by atoms with E-state index >= 15 is 0 Å². The maximum absolute atomic E-state index is 12.3. The summed E-state index contributed by atoms with van der Waals surface area (Å²) in [6, 6.07) is 5.46. The molecule has 2 rings (SSSR count). The van der Waals surface area contributed by atoms with Crippen molar-refractivity contribution < 1.29 is 27.8 Å². The monoisotopic (exact) mass is 303 g/mol. The van der Waals surface area contributed by atoms with E-state index in [1.807, 2.05) is 0 Å². The maximum Gasteiger partial charge on any atom is 0.573 e. The van der Waals surface area contributed by atoms with E-state index in [0.29, 0.717) is 4.88 Å². The second-order valence-electron chi connectivity index (χ2n) is 3.77. The van der Waals surface area contributed by atoms with Crippen molar-refractivity contribution in [2.45, 2.75) is 13.3 Å². The van der Waals surface area contributed by atoms with E-state index in [0.717, 1.165) is 17.4 Å². The lowest BCUT2D eigenvalue weighted by Gasteiger charge is -2.11. The van der Waals surface area contributed by atoms with Crippen molar-refractivity contribution in [3.63, 3.8) is 0 Å². The minimum atomic E-state index is -4.82. The lowest BCUT2D eigenvalue weighted by Crippen LogP contribution is -2.17. The second-order valence-corrected chi connectivity index (χ2v) is 4.98. The van der Waals surface area contributed by atoms with Gasteiger partial charge in [-0.15, -0.1) is 24.5 Å². The number of aromatic nitrogens is 1. The van der Waals surface area contributed by atoms with Crippen molar-refractivity contribution in [1.82, 2.24) is 4.98 Å². The molecular formula is C12H8F3NO3S. The molecule has 0 saturated heterocycles. The normalized spacial score (nSPS) is 11.4. The summed E-state index contributed by atoms with van der Waals surface area (Å²) < 4.78 is 40.9. The van der Waals surface area contributed by atoms with Gasteiger partial charge in [-0.3, -0.25) is 0 Å². The third-order valence-corrected chi connectivity index (χ3v) is 3.35. The largest absolute Gasteiger partial charge is 0.573 e. The summed E-state index contributed by atoms with van der Waals surface area (Å²) in [5.41, 5.74) is -0.0720. The predicted molar refractivity (Wildman–Crippen MR) is 65.9 cm³/mol. The Kier molecular flexibility index (Phi) is 3.67. The van der Waals surface area contributed by atoms with E-state index in [4.69, 9.17) is 5.11 Å². The molecule has 1 heterocycles. The number of aromatic carboxylic acids is 1. The van der Waals surface area contributed by atoms with Crippen LogP contribution in [0.2, 0.25) is 0 Å². The Balaban J connectivity index is 2.48. The lowest BCUT2D eigenvalue weighted by atomic mass is 10.2. The first kappa shape index (κ1) is 14.3. The van der Waals surface area contributed by atoms with Gasteiger partial charge in [0.1, 0.15) is 10.8 Å². The molecule has 1 aromatic carbocycles. The highest BCUT2D eigenvalue weighted by molar-refractivity contribution is 7.15. The molecule has 0 amide bonds. The molecule has 1 N–H and O–H groups in total. The zero-order chi connectivity index (χ0) is 14.9. The van der Waals surface area contributed by atoms with Crippen molar-refractivity contribution in [3.8, 4) is 16.3 Å². The van der Waals surface area contributed by atoms with Crippen molar-refractivity contribution in [2.24, 2.45) is 0 Å². The van der Waals surface area contributed by atoms with E-state index in [1.165, 1.54) is 25.1 Å². The highest BCUT2D eigenvalue weighted by atomic mass is 32.1. The summed E-state index contributed by atoms with van der Waals surface area (Å²) in [4.78, 5) is 15.2. The Hall–Kier alpha value is -2.09. The van der Waals surface area contributed by atoms with E-state index in [1.54, 1.807) is 0 Å². The smallest absolute Gasteiger partial charge is 0.476 e. The number of alkyl halides is 3. The van der Waals surface area contributed by atoms with Gasteiger partial charge in [-0.25, -0.2) is 9.78 Å². The van der Waals surface area contributed by atoms with Crippen LogP contribution in [0, 0.1) is 6.92 Å². The molecule has 20 heavy (non-hydrogen) atoms. The summed E-state index contributed by atoms with van der Waals surface area (Å²) in [7, 11) is 0. The van der Waals surface area contributed by atoms with Crippen LogP contribution in [-0.2, 0) is 0 Å². The summed E-state index contributed by atoms with van der Waals surface area (Å²) >= 11 is 0.997. The fourth-order valence-corrected chi connectivity index (χ4v) is 2.50. The first-order valence-corrected chi connectivity index (χ1v) is 6.15. The molecule has 0 unspecified atom stereocenters. The summed E-state index contributed by atoms with van der Waals surface area (Å²) in [6.45, 7) is 1.54. The van der Waals surface area contributed by atoms with Gasteiger partial charge in [-0.1, -0.05) is 12.1 Å². The van der Waals surface area contributed by atoms with Gasteiger partial charge in [0.05, 0.1) is 5.56 Å². The van der Waals surface area contributed by atoms with Crippen molar-refractivity contribution in [1.29, 1.82) is 0 Å². The van der Waals surface area contributed by atoms with Crippen LogP contribution >= 0.6 is 11.3 Å². The topological polar surface area (TPSA) is 59.4 Å². The molecule has 0 bridgehead atoms. The number of para-hydroxylation sites is 1. The first-order valence-electron chi connectivity index (χ1n) is 5.34. The first-order chi connectivity index (χ1) is 9.28. The molecule has 8 heteroatoms. The number of rotatable bonds is 3. The third-order valence-electron chi connectivity index (χ3n) is 2.34. The molecule has 0 aliphatic rings. The molecule has 0 atom stereocenters. The van der Waals surface area contributed by atoms with Gasteiger partial charge in [0.25, 0.3) is 0 Å². The molecule has 106 valence electrons. The summed E-state index contributed by atoms with van der Waals surface area (Å²) in [6.07, 6.45) is -4.82. The number of hydrogen-bond acceptors (Lipinski definition) is 4. The summed E-state index contributed by atoms with van der Waals surface area (Å²) in [5, 5.41) is 9.08. The fraction of sp³-hybridized carbons (Fsp3) is 0.167. The van der Waals surface area contributed by atoms with Crippen molar-refractivity contribution >= 4 is 17.3 Å². The zero-order valence-corrected chi connectivity index (χ0v) is 10.9. The number of hydrogen-bond donors (Lipinski definition) is 1. The minimum absolute atomic E-state index is 0.102. The van der Waals surface area contributed by atoms with Crippen LogP contribution < -0.4 is 4.74 Å². The van der Waals surface area contributed by atoms with Crippen LogP contribution in [0.25, 0.3) is 10.6 Å². The van der Waals surface area contributed by atoms with Gasteiger partial charge in [-0.05, 0) is 19.1 Å². The van der Waals surface area contributed by atoms with E-state index in [-0.39, 0.29) is 16.3 Å². The van der Waals surface area contributed by atoms with Gasteiger partial charge in [-0.2, -0.15) is 0 Å². The number of carboxylic acid groups (broad SMARTS) is 1. The molecule has 0 saturated carbocycles.